The van der Waals surface area contributed by atoms with Crippen LogP contribution in [0.25, 0.3) is 0 Å². The van der Waals surface area contributed by atoms with Crippen molar-refractivity contribution in [3.63, 3.8) is 0 Å². The van der Waals surface area contributed by atoms with Crippen molar-refractivity contribution in [1.29, 1.82) is 0 Å². The molecule has 1 unspecified atom stereocenters. The van der Waals surface area contributed by atoms with E-state index in [1.54, 1.807) is 25.1 Å². The monoisotopic (exact) mass is 247 g/mol. The maximum atomic E-state index is 11.9. The fourth-order valence-electron chi connectivity index (χ4n) is 1.99. The van der Waals surface area contributed by atoms with E-state index in [1.807, 2.05) is 0 Å². The van der Waals surface area contributed by atoms with Gasteiger partial charge in [-0.05, 0) is 12.1 Å². The Bertz CT molecular complexity index is 523. The first-order valence-corrected chi connectivity index (χ1v) is 5.60. The predicted octanol–water partition coefficient (Wildman–Crippen LogP) is 1.37. The van der Waals surface area contributed by atoms with Crippen molar-refractivity contribution in [3.05, 3.63) is 29.8 Å². The minimum absolute atomic E-state index is 0.175. The number of imide groups is 1. The number of hydrogen-bond acceptors (Lipinski definition) is 4. The minimum Gasteiger partial charge on any atom is -0.465 e. The minimum atomic E-state index is -0.564. The lowest BCUT2D eigenvalue weighted by atomic mass is 10.1. The summed E-state index contributed by atoms with van der Waals surface area (Å²) in [6.45, 7) is 1.70. The summed E-state index contributed by atoms with van der Waals surface area (Å²) in [7, 11) is 1.26. The van der Waals surface area contributed by atoms with Crippen molar-refractivity contribution in [1.82, 2.24) is 0 Å². The molecule has 1 aromatic rings. The van der Waals surface area contributed by atoms with E-state index >= 15 is 0 Å². The van der Waals surface area contributed by atoms with Gasteiger partial charge in [-0.15, -0.1) is 0 Å². The molecule has 1 atom stereocenters. The fourth-order valence-corrected chi connectivity index (χ4v) is 1.99. The summed E-state index contributed by atoms with van der Waals surface area (Å²) in [6, 6.07) is 6.43. The first-order valence-electron chi connectivity index (χ1n) is 5.60. The van der Waals surface area contributed by atoms with Crippen molar-refractivity contribution < 1.29 is 19.1 Å². The van der Waals surface area contributed by atoms with Crippen LogP contribution in [0.2, 0.25) is 0 Å². The lowest BCUT2D eigenvalue weighted by molar-refractivity contribution is -0.122. The molecule has 5 nitrogen and oxygen atoms in total. The Labute approximate surface area is 104 Å². The van der Waals surface area contributed by atoms with E-state index in [9.17, 15) is 14.4 Å². The number of benzene rings is 1. The van der Waals surface area contributed by atoms with Gasteiger partial charge < -0.3 is 4.74 Å². The zero-order valence-corrected chi connectivity index (χ0v) is 10.2. The van der Waals surface area contributed by atoms with E-state index in [0.29, 0.717) is 5.69 Å². The van der Waals surface area contributed by atoms with Crippen molar-refractivity contribution in [2.45, 2.75) is 13.3 Å². The molecule has 1 aliphatic rings. The average Bonchev–Trinajstić information content (AvgIpc) is 2.62. The van der Waals surface area contributed by atoms with E-state index in [4.69, 9.17) is 0 Å². The molecule has 1 aromatic carbocycles. The van der Waals surface area contributed by atoms with Crippen LogP contribution in [0.5, 0.6) is 0 Å². The molecule has 1 heterocycles. The molecule has 0 saturated carbocycles. The van der Waals surface area contributed by atoms with E-state index in [-0.39, 0.29) is 29.7 Å². The van der Waals surface area contributed by atoms with Gasteiger partial charge in [0.25, 0.3) is 0 Å². The summed E-state index contributed by atoms with van der Waals surface area (Å²) in [5.41, 5.74) is 0.513. The first-order chi connectivity index (χ1) is 8.56. The van der Waals surface area contributed by atoms with Gasteiger partial charge in [0, 0.05) is 12.3 Å². The van der Waals surface area contributed by atoms with Crippen LogP contribution >= 0.6 is 0 Å². The van der Waals surface area contributed by atoms with Crippen LogP contribution in [0.1, 0.15) is 23.7 Å². The standard InChI is InChI=1S/C13H13NO4/c1-8-7-11(15)14(12(8)16)10-6-4-3-5-9(10)13(17)18-2/h3-6,8H,7H2,1-2H3. The Hall–Kier alpha value is -2.17. The number of nitrogens with zero attached hydrogens (tertiary/aromatic N) is 1. The maximum Gasteiger partial charge on any atom is 0.339 e. The number of carbonyl (C=O) groups excluding carboxylic acids is 3. The Morgan fingerprint density at radius 2 is 2.00 bits per heavy atom. The third-order valence-corrected chi connectivity index (χ3v) is 2.92. The normalized spacial score (nSPS) is 19.2. The number of hydrogen-bond donors (Lipinski definition) is 0. The second-order valence-corrected chi connectivity index (χ2v) is 4.18. The topological polar surface area (TPSA) is 63.7 Å². The second kappa shape index (κ2) is 4.60. The predicted molar refractivity (Wildman–Crippen MR) is 64.1 cm³/mol. The van der Waals surface area contributed by atoms with Crippen LogP contribution in [-0.2, 0) is 14.3 Å². The Balaban J connectivity index is 2.48. The molecule has 1 fully saturated rings. The van der Waals surface area contributed by atoms with Crippen LogP contribution in [0, 0.1) is 5.92 Å². The molecule has 2 amide bonds. The van der Waals surface area contributed by atoms with Gasteiger partial charge in [-0.1, -0.05) is 19.1 Å². The van der Waals surface area contributed by atoms with Crippen molar-refractivity contribution >= 4 is 23.5 Å². The SMILES string of the molecule is COC(=O)c1ccccc1N1C(=O)CC(C)C1=O. The van der Waals surface area contributed by atoms with Crippen molar-refractivity contribution in [3.8, 4) is 0 Å². The number of para-hydroxylation sites is 1. The number of rotatable bonds is 2. The van der Waals surface area contributed by atoms with E-state index < -0.39 is 5.97 Å². The third kappa shape index (κ3) is 1.88. The van der Waals surface area contributed by atoms with Crippen molar-refractivity contribution in [2.24, 2.45) is 5.92 Å². The number of esters is 1. The van der Waals surface area contributed by atoms with Gasteiger partial charge in [0.05, 0.1) is 18.4 Å². The second-order valence-electron chi connectivity index (χ2n) is 4.18. The summed E-state index contributed by atoms with van der Waals surface area (Å²) < 4.78 is 4.65. The molecular weight excluding hydrogens is 234 g/mol. The molecule has 0 aliphatic carbocycles. The molecule has 0 bridgehead atoms. The van der Waals surface area contributed by atoms with Crippen LogP contribution in [0.3, 0.4) is 0 Å². The Kier molecular flexibility index (Phi) is 3.14. The van der Waals surface area contributed by atoms with Gasteiger partial charge in [-0.25, -0.2) is 9.69 Å². The average molecular weight is 247 g/mol. The Morgan fingerprint density at radius 3 is 2.56 bits per heavy atom. The summed E-state index contributed by atoms with van der Waals surface area (Å²) in [5, 5.41) is 0. The van der Waals surface area contributed by atoms with Crippen LogP contribution < -0.4 is 4.90 Å². The van der Waals surface area contributed by atoms with E-state index in [2.05, 4.69) is 4.74 Å². The lowest BCUT2D eigenvalue weighted by Gasteiger charge is -2.17. The molecule has 94 valence electrons. The number of carbonyl (C=O) groups is 3. The van der Waals surface area contributed by atoms with Gasteiger partial charge in [0.15, 0.2) is 0 Å². The summed E-state index contributed by atoms with van der Waals surface area (Å²) in [5.74, 6) is -1.48. The van der Waals surface area contributed by atoms with Gasteiger partial charge in [0.2, 0.25) is 11.8 Å². The number of ether oxygens (including phenoxy) is 1. The summed E-state index contributed by atoms with van der Waals surface area (Å²) in [4.78, 5) is 36.4. The van der Waals surface area contributed by atoms with Crippen molar-refractivity contribution in [2.75, 3.05) is 12.0 Å². The molecule has 1 aliphatic heterocycles. The molecular formula is C13H13NO4. The summed E-state index contributed by atoms with van der Waals surface area (Å²) >= 11 is 0. The highest BCUT2D eigenvalue weighted by atomic mass is 16.5. The van der Waals surface area contributed by atoms with Gasteiger partial charge in [-0.3, -0.25) is 9.59 Å². The lowest BCUT2D eigenvalue weighted by Crippen LogP contribution is -2.31. The number of amides is 2. The molecule has 0 N–H and O–H groups in total. The zero-order valence-electron chi connectivity index (χ0n) is 10.2. The maximum absolute atomic E-state index is 11.9. The van der Waals surface area contributed by atoms with E-state index in [1.165, 1.54) is 13.2 Å². The highest BCUT2D eigenvalue weighted by Gasteiger charge is 2.38. The summed E-state index contributed by atoms with van der Waals surface area (Å²) in [6.07, 6.45) is 0.175. The van der Waals surface area contributed by atoms with Crippen LogP contribution in [0.15, 0.2) is 24.3 Å². The van der Waals surface area contributed by atoms with Crippen LogP contribution in [-0.4, -0.2) is 24.9 Å². The Morgan fingerprint density at radius 1 is 1.33 bits per heavy atom. The van der Waals surface area contributed by atoms with Crippen LogP contribution in [0.4, 0.5) is 5.69 Å². The van der Waals surface area contributed by atoms with E-state index in [0.717, 1.165) is 4.90 Å². The van der Waals surface area contributed by atoms with Gasteiger partial charge >= 0.3 is 5.97 Å². The zero-order chi connectivity index (χ0) is 13.3. The largest absolute Gasteiger partial charge is 0.465 e. The third-order valence-electron chi connectivity index (χ3n) is 2.92. The smallest absolute Gasteiger partial charge is 0.339 e. The highest BCUT2D eigenvalue weighted by Crippen LogP contribution is 2.29. The number of methoxy groups -OCH3 is 1. The van der Waals surface area contributed by atoms with Gasteiger partial charge in [-0.2, -0.15) is 0 Å². The molecule has 0 aromatic heterocycles. The fraction of sp³-hybridized carbons (Fsp3) is 0.308. The quantitative estimate of drug-likeness (QED) is 0.585. The number of anilines is 1. The molecule has 0 radical (unpaired) electrons. The molecule has 2 rings (SSSR count). The highest BCUT2D eigenvalue weighted by molar-refractivity contribution is 6.22. The molecule has 5 heteroatoms. The van der Waals surface area contributed by atoms with Gasteiger partial charge in [0.1, 0.15) is 0 Å². The molecule has 18 heavy (non-hydrogen) atoms. The molecule has 0 spiro atoms. The first kappa shape index (κ1) is 12.3. The molecule has 1 saturated heterocycles.